The second kappa shape index (κ2) is 5.76. The highest BCUT2D eigenvalue weighted by atomic mass is 35.5. The summed E-state index contributed by atoms with van der Waals surface area (Å²) in [5.41, 5.74) is -0.136. The van der Waals surface area contributed by atoms with Crippen molar-refractivity contribution in [1.29, 1.82) is 0 Å². The van der Waals surface area contributed by atoms with Gasteiger partial charge >= 0.3 is 6.18 Å². The topological polar surface area (TPSA) is 3.24 Å². The predicted molar refractivity (Wildman–Crippen MR) is 66.9 cm³/mol. The second-order valence-electron chi connectivity index (χ2n) is 4.87. The summed E-state index contributed by atoms with van der Waals surface area (Å²) in [6.45, 7) is -0.210. The Bertz CT molecular complexity index is 465. The molecule has 1 aliphatic heterocycles. The number of hydrogen-bond donors (Lipinski definition) is 0. The lowest BCUT2D eigenvalue weighted by atomic mass is 9.97. The molecule has 0 saturated carbocycles. The first-order valence-electron chi connectivity index (χ1n) is 6.18. The van der Waals surface area contributed by atoms with Gasteiger partial charge in [0.2, 0.25) is 0 Å². The Morgan fingerprint density at radius 3 is 2.30 bits per heavy atom. The van der Waals surface area contributed by atoms with E-state index in [0.29, 0.717) is 0 Å². The van der Waals surface area contributed by atoms with Crippen LogP contribution >= 0.6 is 11.6 Å². The molecule has 1 heterocycles. The molecule has 1 atom stereocenters. The fraction of sp³-hybridized carbons (Fsp3) is 0.538. The van der Waals surface area contributed by atoms with Crippen LogP contribution < -0.4 is 4.90 Å². The Morgan fingerprint density at radius 2 is 1.80 bits per heavy atom. The lowest BCUT2D eigenvalue weighted by molar-refractivity contribution is -0.176. The highest BCUT2D eigenvalue weighted by molar-refractivity contribution is 6.17. The average molecular weight is 314 g/mol. The van der Waals surface area contributed by atoms with E-state index >= 15 is 0 Å². The van der Waals surface area contributed by atoms with Gasteiger partial charge in [-0.15, -0.1) is 11.6 Å². The maximum absolute atomic E-state index is 13.9. The Morgan fingerprint density at radius 1 is 1.20 bits per heavy atom. The minimum absolute atomic E-state index is 0.0109. The summed E-state index contributed by atoms with van der Waals surface area (Å²) in [5.74, 6) is -3.35. The molecule has 0 radical (unpaired) electrons. The van der Waals surface area contributed by atoms with E-state index in [9.17, 15) is 22.0 Å². The Kier molecular flexibility index (Phi) is 4.42. The van der Waals surface area contributed by atoms with Gasteiger partial charge in [0.15, 0.2) is 0 Å². The number of nitrogens with zero attached hydrogens (tertiary/aromatic N) is 1. The van der Waals surface area contributed by atoms with Crippen LogP contribution in [0.1, 0.15) is 18.4 Å². The van der Waals surface area contributed by atoms with Gasteiger partial charge in [0.05, 0.1) is 5.92 Å². The van der Waals surface area contributed by atoms with Crippen molar-refractivity contribution in [3.63, 3.8) is 0 Å². The van der Waals surface area contributed by atoms with E-state index in [0.717, 1.165) is 17.0 Å². The van der Waals surface area contributed by atoms with Crippen molar-refractivity contribution in [2.75, 3.05) is 18.0 Å². The number of alkyl halides is 4. The van der Waals surface area contributed by atoms with Crippen LogP contribution in [0.5, 0.6) is 0 Å². The van der Waals surface area contributed by atoms with Crippen molar-refractivity contribution in [1.82, 2.24) is 0 Å². The van der Waals surface area contributed by atoms with Gasteiger partial charge in [-0.3, -0.25) is 0 Å². The Labute approximate surface area is 118 Å². The summed E-state index contributed by atoms with van der Waals surface area (Å²) >= 11 is 5.50. The van der Waals surface area contributed by atoms with Crippen molar-refractivity contribution < 1.29 is 22.0 Å². The third-order valence-corrected chi connectivity index (χ3v) is 3.74. The van der Waals surface area contributed by atoms with Gasteiger partial charge in [-0.2, -0.15) is 13.2 Å². The number of rotatable bonds is 2. The van der Waals surface area contributed by atoms with Crippen LogP contribution in [0.3, 0.4) is 0 Å². The van der Waals surface area contributed by atoms with E-state index in [4.69, 9.17) is 11.6 Å². The van der Waals surface area contributed by atoms with Crippen LogP contribution in [0.4, 0.5) is 27.6 Å². The minimum atomic E-state index is -4.35. The molecule has 1 aliphatic rings. The monoisotopic (exact) mass is 313 g/mol. The van der Waals surface area contributed by atoms with Gasteiger partial charge in [-0.25, -0.2) is 8.78 Å². The maximum Gasteiger partial charge on any atom is 0.393 e. The van der Waals surface area contributed by atoms with Gasteiger partial charge in [0.25, 0.3) is 0 Å². The highest BCUT2D eigenvalue weighted by Crippen LogP contribution is 2.36. The second-order valence-corrected chi connectivity index (χ2v) is 5.14. The third-order valence-electron chi connectivity index (χ3n) is 3.43. The van der Waals surface area contributed by atoms with E-state index in [-0.39, 0.29) is 30.8 Å². The number of hydrogen-bond acceptors (Lipinski definition) is 1. The van der Waals surface area contributed by atoms with E-state index < -0.39 is 36.0 Å². The fourth-order valence-electron chi connectivity index (χ4n) is 2.44. The largest absolute Gasteiger partial charge is 0.393 e. The molecular formula is C13H13ClF5N. The molecule has 20 heavy (non-hydrogen) atoms. The third kappa shape index (κ3) is 3.16. The summed E-state index contributed by atoms with van der Waals surface area (Å²) in [7, 11) is 0. The first-order chi connectivity index (χ1) is 9.32. The molecule has 0 N–H and O–H groups in total. The van der Waals surface area contributed by atoms with Crippen molar-refractivity contribution in [3.8, 4) is 0 Å². The summed E-state index contributed by atoms with van der Waals surface area (Å²) in [6, 6.07) is 2.12. The number of piperidine rings is 1. The summed E-state index contributed by atoms with van der Waals surface area (Å²) < 4.78 is 65.9. The fourth-order valence-corrected chi connectivity index (χ4v) is 2.60. The smallest absolute Gasteiger partial charge is 0.366 e. The standard InChI is InChI=1S/C13H13ClF5N/c14-6-8-4-10(15)12(11(16)5-8)20-3-1-2-9(7-20)13(17,18)19/h4-5,9H,1-3,6-7H2. The Balaban J connectivity index is 2.27. The first kappa shape index (κ1) is 15.4. The lowest BCUT2D eigenvalue weighted by Crippen LogP contribution is -2.42. The summed E-state index contributed by atoms with van der Waals surface area (Å²) in [4.78, 5) is 1.13. The molecule has 2 rings (SSSR count). The van der Waals surface area contributed by atoms with Gasteiger partial charge in [0.1, 0.15) is 17.3 Å². The normalized spacial score (nSPS) is 20.3. The van der Waals surface area contributed by atoms with E-state index in [1.54, 1.807) is 0 Å². The molecule has 0 aromatic heterocycles. The van der Waals surface area contributed by atoms with Crippen LogP contribution in [-0.2, 0) is 5.88 Å². The molecule has 112 valence electrons. The molecule has 1 saturated heterocycles. The molecule has 7 heteroatoms. The van der Waals surface area contributed by atoms with Crippen molar-refractivity contribution >= 4 is 17.3 Å². The predicted octanol–water partition coefficient (Wildman–Crippen LogP) is 4.48. The van der Waals surface area contributed by atoms with Crippen LogP contribution in [0.25, 0.3) is 0 Å². The average Bonchev–Trinajstić information content (AvgIpc) is 2.37. The van der Waals surface area contributed by atoms with Crippen LogP contribution in [0.2, 0.25) is 0 Å². The molecule has 0 amide bonds. The zero-order valence-corrected chi connectivity index (χ0v) is 11.2. The zero-order valence-electron chi connectivity index (χ0n) is 10.5. The van der Waals surface area contributed by atoms with E-state index in [2.05, 4.69) is 0 Å². The summed E-state index contributed by atoms with van der Waals surface area (Å²) in [6.07, 6.45) is -4.11. The molecule has 1 unspecified atom stereocenters. The molecule has 0 aliphatic carbocycles. The van der Waals surface area contributed by atoms with Crippen molar-refractivity contribution in [3.05, 3.63) is 29.3 Å². The van der Waals surface area contributed by atoms with E-state index in [1.165, 1.54) is 0 Å². The maximum atomic E-state index is 13.9. The van der Waals surface area contributed by atoms with Gasteiger partial charge in [-0.1, -0.05) is 0 Å². The number of anilines is 1. The van der Waals surface area contributed by atoms with Crippen LogP contribution in [0, 0.1) is 17.6 Å². The van der Waals surface area contributed by atoms with Crippen molar-refractivity contribution in [2.24, 2.45) is 5.92 Å². The Hall–Kier alpha value is -1.04. The molecule has 1 nitrogen and oxygen atoms in total. The molecule has 0 bridgehead atoms. The molecule has 1 aromatic carbocycles. The minimum Gasteiger partial charge on any atom is -0.366 e. The number of benzene rings is 1. The van der Waals surface area contributed by atoms with Gasteiger partial charge < -0.3 is 4.90 Å². The molecule has 1 fully saturated rings. The zero-order chi connectivity index (χ0) is 14.9. The highest BCUT2D eigenvalue weighted by Gasteiger charge is 2.42. The SMILES string of the molecule is Fc1cc(CCl)cc(F)c1N1CCCC(C(F)(F)F)C1. The number of halogens is 6. The lowest BCUT2D eigenvalue weighted by Gasteiger charge is -2.35. The first-order valence-corrected chi connectivity index (χ1v) is 6.72. The molecule has 0 spiro atoms. The quantitative estimate of drug-likeness (QED) is 0.574. The van der Waals surface area contributed by atoms with E-state index in [1.807, 2.05) is 0 Å². The van der Waals surface area contributed by atoms with Crippen LogP contribution in [0.15, 0.2) is 12.1 Å². The van der Waals surface area contributed by atoms with Gasteiger partial charge in [0, 0.05) is 19.0 Å². The molecular weight excluding hydrogens is 301 g/mol. The molecule has 1 aromatic rings. The van der Waals surface area contributed by atoms with Crippen LogP contribution in [-0.4, -0.2) is 19.3 Å². The van der Waals surface area contributed by atoms with Crippen molar-refractivity contribution in [2.45, 2.75) is 24.9 Å². The van der Waals surface area contributed by atoms with Gasteiger partial charge in [-0.05, 0) is 30.5 Å². The summed E-state index contributed by atoms with van der Waals surface area (Å²) in [5, 5.41) is 0.